The van der Waals surface area contributed by atoms with Crippen molar-refractivity contribution in [2.45, 2.75) is 91.7 Å². The molecular formula is C28H44N4O6. The summed E-state index contributed by atoms with van der Waals surface area (Å²) in [5, 5.41) is 4.09. The van der Waals surface area contributed by atoms with Gasteiger partial charge in [-0.3, -0.25) is 14.7 Å². The number of ether oxygens (including phenoxy) is 2. The van der Waals surface area contributed by atoms with Gasteiger partial charge in [0.2, 0.25) is 0 Å². The van der Waals surface area contributed by atoms with Gasteiger partial charge in [-0.15, -0.1) is 0 Å². The van der Waals surface area contributed by atoms with Crippen molar-refractivity contribution in [1.82, 2.24) is 4.98 Å². The first kappa shape index (κ1) is 31.5. The molecule has 1 saturated heterocycles. The number of cyclic esters (lactones) is 1. The third-order valence-corrected chi connectivity index (χ3v) is 7.29. The Labute approximate surface area is 226 Å². The standard InChI is InChI=1S/C28H44N4O6/c1-17(2)23(14-26(31-32-29)27-15-24(18(3)4)28(34)37-27)25(16-36-38-20(6)33)21-12-19(5)30-22(13-21)10-8-9-11-35-7/h12-13,17-18,23-27H,8-11,14-16H2,1-7H3. The minimum Gasteiger partial charge on any atom is -0.462 e. The van der Waals surface area contributed by atoms with Crippen LogP contribution in [0.4, 0.5) is 0 Å². The average molecular weight is 533 g/mol. The fraction of sp³-hybridized carbons (Fsp3) is 0.750. The Bertz CT molecular complexity index is 963. The lowest BCUT2D eigenvalue weighted by atomic mass is 9.75. The number of rotatable bonds is 16. The van der Waals surface area contributed by atoms with E-state index in [0.717, 1.165) is 36.2 Å². The molecule has 38 heavy (non-hydrogen) atoms. The Morgan fingerprint density at radius 3 is 2.58 bits per heavy atom. The zero-order valence-corrected chi connectivity index (χ0v) is 23.9. The van der Waals surface area contributed by atoms with Crippen molar-refractivity contribution in [3.05, 3.63) is 39.5 Å². The summed E-state index contributed by atoms with van der Waals surface area (Å²) in [6.45, 7) is 12.3. The first-order chi connectivity index (χ1) is 18.1. The summed E-state index contributed by atoms with van der Waals surface area (Å²) < 4.78 is 10.9. The van der Waals surface area contributed by atoms with Gasteiger partial charge in [-0.25, -0.2) is 4.79 Å². The minimum atomic E-state index is -0.529. The monoisotopic (exact) mass is 532 g/mol. The highest BCUT2D eigenvalue weighted by Crippen LogP contribution is 2.39. The van der Waals surface area contributed by atoms with Crippen molar-refractivity contribution < 1.29 is 28.8 Å². The van der Waals surface area contributed by atoms with Crippen LogP contribution in [0.2, 0.25) is 0 Å². The highest BCUT2D eigenvalue weighted by Gasteiger charge is 2.42. The maximum atomic E-state index is 12.5. The summed E-state index contributed by atoms with van der Waals surface area (Å²) in [4.78, 5) is 42.0. The van der Waals surface area contributed by atoms with Gasteiger partial charge in [0.1, 0.15) is 12.7 Å². The maximum Gasteiger partial charge on any atom is 0.339 e. The lowest BCUT2D eigenvalue weighted by Gasteiger charge is -2.33. The molecule has 0 saturated carbocycles. The van der Waals surface area contributed by atoms with Crippen LogP contribution in [0.25, 0.3) is 10.4 Å². The van der Waals surface area contributed by atoms with Crippen LogP contribution in [0, 0.1) is 30.6 Å². The summed E-state index contributed by atoms with van der Waals surface area (Å²) in [5.41, 5.74) is 12.2. The van der Waals surface area contributed by atoms with E-state index in [1.165, 1.54) is 6.92 Å². The van der Waals surface area contributed by atoms with Crippen LogP contribution in [0.15, 0.2) is 17.2 Å². The molecule has 212 valence electrons. The number of esters is 1. The molecule has 2 rings (SSSR count). The molecule has 2 heterocycles. The van der Waals surface area contributed by atoms with Crippen molar-refractivity contribution in [2.75, 3.05) is 20.3 Å². The van der Waals surface area contributed by atoms with E-state index in [4.69, 9.17) is 24.2 Å². The molecule has 0 N–H and O–H groups in total. The molecule has 0 bridgehead atoms. The highest BCUT2D eigenvalue weighted by atomic mass is 17.2. The van der Waals surface area contributed by atoms with Crippen LogP contribution in [-0.4, -0.2) is 49.4 Å². The molecule has 0 radical (unpaired) electrons. The number of nitrogens with zero attached hydrogens (tertiary/aromatic N) is 4. The van der Waals surface area contributed by atoms with Crippen LogP contribution in [-0.2, 0) is 35.3 Å². The number of aryl methyl sites for hydroxylation is 2. The Morgan fingerprint density at radius 2 is 2.00 bits per heavy atom. The fourth-order valence-electron chi connectivity index (χ4n) is 5.25. The zero-order chi connectivity index (χ0) is 28.2. The smallest absolute Gasteiger partial charge is 0.339 e. The molecule has 0 aromatic carbocycles. The van der Waals surface area contributed by atoms with E-state index in [2.05, 4.69) is 29.9 Å². The second-order valence-corrected chi connectivity index (χ2v) is 10.9. The van der Waals surface area contributed by atoms with Crippen molar-refractivity contribution in [3.8, 4) is 0 Å². The average Bonchev–Trinajstić information content (AvgIpc) is 3.24. The summed E-state index contributed by atoms with van der Waals surface area (Å²) in [7, 11) is 1.70. The first-order valence-corrected chi connectivity index (χ1v) is 13.6. The van der Waals surface area contributed by atoms with Gasteiger partial charge in [-0.1, -0.05) is 32.8 Å². The second-order valence-electron chi connectivity index (χ2n) is 10.9. The van der Waals surface area contributed by atoms with Crippen LogP contribution < -0.4 is 0 Å². The van der Waals surface area contributed by atoms with Gasteiger partial charge in [-0.2, -0.15) is 4.89 Å². The number of methoxy groups -OCH3 is 1. The summed E-state index contributed by atoms with van der Waals surface area (Å²) in [5.74, 6) is -0.869. The molecule has 0 aliphatic carbocycles. The van der Waals surface area contributed by atoms with Gasteiger partial charge >= 0.3 is 11.9 Å². The van der Waals surface area contributed by atoms with Gasteiger partial charge in [-0.05, 0) is 80.0 Å². The van der Waals surface area contributed by atoms with Crippen molar-refractivity contribution >= 4 is 11.9 Å². The van der Waals surface area contributed by atoms with Crippen LogP contribution in [0.3, 0.4) is 0 Å². The predicted molar refractivity (Wildman–Crippen MR) is 143 cm³/mol. The van der Waals surface area contributed by atoms with Gasteiger partial charge in [0, 0.05) is 42.9 Å². The SMILES string of the molecule is COCCCCc1cc(C(COOC(C)=O)C(CC(N=[N+]=[N-])C2CC(C(C)C)C(=O)O2)C(C)C)cc(C)n1. The Balaban J connectivity index is 2.37. The van der Waals surface area contributed by atoms with E-state index in [1.54, 1.807) is 7.11 Å². The van der Waals surface area contributed by atoms with Gasteiger partial charge in [0.25, 0.3) is 0 Å². The number of azide groups is 1. The number of carbonyl (C=O) groups is 2. The predicted octanol–water partition coefficient (Wildman–Crippen LogP) is 5.87. The Morgan fingerprint density at radius 1 is 1.26 bits per heavy atom. The van der Waals surface area contributed by atoms with Crippen molar-refractivity contribution in [2.24, 2.45) is 28.8 Å². The van der Waals surface area contributed by atoms with Crippen LogP contribution >= 0.6 is 0 Å². The minimum absolute atomic E-state index is 0.0269. The number of unbranched alkanes of at least 4 members (excludes halogenated alkanes) is 1. The lowest BCUT2D eigenvalue weighted by Crippen LogP contribution is -2.32. The van der Waals surface area contributed by atoms with E-state index in [9.17, 15) is 15.1 Å². The van der Waals surface area contributed by atoms with Crippen molar-refractivity contribution in [1.29, 1.82) is 0 Å². The molecule has 10 nitrogen and oxygen atoms in total. The van der Waals surface area contributed by atoms with E-state index in [0.29, 0.717) is 19.4 Å². The molecule has 10 heteroatoms. The Kier molecular flexibility index (Phi) is 13.0. The summed E-state index contributed by atoms with van der Waals surface area (Å²) >= 11 is 0. The number of pyridine rings is 1. The number of hydrogen-bond donors (Lipinski definition) is 0. The van der Waals surface area contributed by atoms with Crippen LogP contribution in [0.5, 0.6) is 0 Å². The molecule has 0 spiro atoms. The molecule has 1 aromatic rings. The number of hydrogen-bond acceptors (Lipinski definition) is 8. The van der Waals surface area contributed by atoms with E-state index < -0.39 is 18.1 Å². The molecule has 0 amide bonds. The van der Waals surface area contributed by atoms with E-state index >= 15 is 0 Å². The number of carbonyl (C=O) groups excluding carboxylic acids is 2. The summed E-state index contributed by atoms with van der Waals surface area (Å²) in [6.07, 6.45) is 3.26. The third-order valence-electron chi connectivity index (χ3n) is 7.29. The molecule has 1 aromatic heterocycles. The Hall–Kier alpha value is -2.68. The second kappa shape index (κ2) is 15.7. The van der Waals surface area contributed by atoms with Crippen molar-refractivity contribution in [3.63, 3.8) is 0 Å². The highest BCUT2D eigenvalue weighted by molar-refractivity contribution is 5.75. The molecule has 1 aliphatic rings. The van der Waals surface area contributed by atoms with Crippen LogP contribution in [0.1, 0.15) is 83.2 Å². The maximum absolute atomic E-state index is 12.5. The molecular weight excluding hydrogens is 488 g/mol. The molecule has 1 aliphatic heterocycles. The van der Waals surface area contributed by atoms with Gasteiger partial charge in [0.05, 0.1) is 12.0 Å². The molecule has 1 fully saturated rings. The molecule has 5 unspecified atom stereocenters. The zero-order valence-electron chi connectivity index (χ0n) is 23.9. The topological polar surface area (TPSA) is 133 Å². The van der Waals surface area contributed by atoms with Gasteiger partial charge in [0.15, 0.2) is 0 Å². The van der Waals surface area contributed by atoms with E-state index in [1.807, 2.05) is 26.8 Å². The van der Waals surface area contributed by atoms with E-state index in [-0.39, 0.29) is 42.2 Å². The first-order valence-electron chi connectivity index (χ1n) is 13.6. The quantitative estimate of drug-likeness (QED) is 0.0495. The third kappa shape index (κ3) is 9.57. The molecule has 5 atom stereocenters. The largest absolute Gasteiger partial charge is 0.462 e. The number of aromatic nitrogens is 1. The lowest BCUT2D eigenvalue weighted by molar-refractivity contribution is -0.274. The summed E-state index contributed by atoms with van der Waals surface area (Å²) in [6, 6.07) is 3.60. The van der Waals surface area contributed by atoms with Gasteiger partial charge < -0.3 is 9.47 Å². The fourth-order valence-corrected chi connectivity index (χ4v) is 5.25. The normalized spacial score (nSPS) is 19.7.